The highest BCUT2D eigenvalue weighted by atomic mass is 16.2. The second kappa shape index (κ2) is 6.50. The number of benzene rings is 2. The van der Waals surface area contributed by atoms with E-state index in [1.807, 2.05) is 32.0 Å². The van der Waals surface area contributed by atoms with E-state index in [1.54, 1.807) is 42.6 Å². The third kappa shape index (κ3) is 3.41. The summed E-state index contributed by atoms with van der Waals surface area (Å²) in [5.74, 6) is -0.389. The van der Waals surface area contributed by atoms with E-state index in [0.29, 0.717) is 16.8 Å². The van der Waals surface area contributed by atoms with Gasteiger partial charge < -0.3 is 5.32 Å². The van der Waals surface area contributed by atoms with Gasteiger partial charge in [-0.15, -0.1) is 0 Å². The van der Waals surface area contributed by atoms with Gasteiger partial charge in [0.15, 0.2) is 0 Å². The van der Waals surface area contributed by atoms with Crippen LogP contribution in [0.5, 0.6) is 0 Å². The number of amides is 1. The first-order valence-corrected chi connectivity index (χ1v) is 7.58. The lowest BCUT2D eigenvalue weighted by Gasteiger charge is -2.07. The standard InChI is InChI=1S/C19H17N3O2/c1-13-4-3-5-16(12-13)18(23)20-17-8-6-15(7-9-17)19(24)22-11-10-14(2)21-22/h3-12H,1-2H3,(H,20,23). The van der Waals surface area contributed by atoms with Crippen molar-refractivity contribution in [2.24, 2.45) is 0 Å². The molecule has 0 aliphatic heterocycles. The highest BCUT2D eigenvalue weighted by molar-refractivity contribution is 6.04. The number of anilines is 1. The average molecular weight is 319 g/mol. The summed E-state index contributed by atoms with van der Waals surface area (Å²) in [6.07, 6.45) is 1.63. The van der Waals surface area contributed by atoms with Crippen LogP contribution in [-0.2, 0) is 0 Å². The fourth-order valence-corrected chi connectivity index (χ4v) is 2.35. The molecule has 0 atom stereocenters. The zero-order valence-electron chi connectivity index (χ0n) is 13.5. The van der Waals surface area contributed by atoms with E-state index in [2.05, 4.69) is 10.4 Å². The van der Waals surface area contributed by atoms with Crippen molar-refractivity contribution in [3.8, 4) is 0 Å². The number of aryl methyl sites for hydroxylation is 2. The molecule has 0 saturated heterocycles. The van der Waals surface area contributed by atoms with Crippen molar-refractivity contribution >= 4 is 17.5 Å². The van der Waals surface area contributed by atoms with Crippen LogP contribution in [0.25, 0.3) is 0 Å². The lowest BCUT2D eigenvalue weighted by atomic mass is 10.1. The number of hydrogen-bond acceptors (Lipinski definition) is 3. The molecule has 0 bridgehead atoms. The number of hydrogen-bond donors (Lipinski definition) is 1. The summed E-state index contributed by atoms with van der Waals surface area (Å²) < 4.78 is 1.30. The molecule has 0 aliphatic rings. The molecule has 1 aromatic heterocycles. The smallest absolute Gasteiger partial charge is 0.278 e. The minimum atomic E-state index is -0.209. The quantitative estimate of drug-likeness (QED) is 0.804. The largest absolute Gasteiger partial charge is 0.322 e. The van der Waals surface area contributed by atoms with Gasteiger partial charge in [0.25, 0.3) is 11.8 Å². The third-order valence-corrected chi connectivity index (χ3v) is 3.60. The van der Waals surface area contributed by atoms with Crippen LogP contribution in [0.2, 0.25) is 0 Å². The van der Waals surface area contributed by atoms with E-state index in [0.717, 1.165) is 11.3 Å². The third-order valence-electron chi connectivity index (χ3n) is 3.60. The van der Waals surface area contributed by atoms with E-state index in [-0.39, 0.29) is 11.8 Å². The Kier molecular flexibility index (Phi) is 4.24. The van der Waals surface area contributed by atoms with E-state index < -0.39 is 0 Å². The van der Waals surface area contributed by atoms with Gasteiger partial charge in [-0.3, -0.25) is 9.59 Å². The van der Waals surface area contributed by atoms with E-state index >= 15 is 0 Å². The Morgan fingerprint density at radius 2 is 1.71 bits per heavy atom. The number of nitrogens with one attached hydrogen (secondary N) is 1. The minimum Gasteiger partial charge on any atom is -0.322 e. The number of aromatic nitrogens is 2. The molecular formula is C19H17N3O2. The van der Waals surface area contributed by atoms with Crippen LogP contribution in [0, 0.1) is 13.8 Å². The highest BCUT2D eigenvalue weighted by Crippen LogP contribution is 2.13. The first-order valence-electron chi connectivity index (χ1n) is 7.58. The molecule has 0 saturated carbocycles. The van der Waals surface area contributed by atoms with Crippen molar-refractivity contribution in [3.05, 3.63) is 83.2 Å². The molecule has 2 aromatic carbocycles. The fourth-order valence-electron chi connectivity index (χ4n) is 2.35. The minimum absolute atomic E-state index is 0.180. The van der Waals surface area contributed by atoms with Crippen LogP contribution in [0.4, 0.5) is 5.69 Å². The van der Waals surface area contributed by atoms with Crippen molar-refractivity contribution in [3.63, 3.8) is 0 Å². The van der Waals surface area contributed by atoms with Crippen LogP contribution in [0.1, 0.15) is 32.0 Å². The van der Waals surface area contributed by atoms with E-state index in [9.17, 15) is 9.59 Å². The van der Waals surface area contributed by atoms with Gasteiger partial charge in [0.1, 0.15) is 0 Å². The number of carbonyl (C=O) groups is 2. The Morgan fingerprint density at radius 3 is 2.33 bits per heavy atom. The van der Waals surface area contributed by atoms with Crippen LogP contribution >= 0.6 is 0 Å². The summed E-state index contributed by atoms with van der Waals surface area (Å²) in [6.45, 7) is 3.77. The van der Waals surface area contributed by atoms with Crippen molar-refractivity contribution in [1.29, 1.82) is 0 Å². The Hall–Kier alpha value is -3.21. The van der Waals surface area contributed by atoms with Crippen LogP contribution < -0.4 is 5.32 Å². The molecular weight excluding hydrogens is 302 g/mol. The molecule has 1 heterocycles. The zero-order chi connectivity index (χ0) is 17.1. The van der Waals surface area contributed by atoms with Gasteiger partial charge in [0.05, 0.1) is 5.69 Å². The molecule has 1 amide bonds. The van der Waals surface area contributed by atoms with Gasteiger partial charge >= 0.3 is 0 Å². The van der Waals surface area contributed by atoms with Crippen molar-refractivity contribution in [2.75, 3.05) is 5.32 Å². The van der Waals surface area contributed by atoms with Crippen molar-refractivity contribution in [1.82, 2.24) is 9.78 Å². The second-order valence-corrected chi connectivity index (χ2v) is 5.61. The molecule has 1 N–H and O–H groups in total. The average Bonchev–Trinajstić information content (AvgIpc) is 3.01. The molecule has 0 aliphatic carbocycles. The first-order chi connectivity index (χ1) is 11.5. The van der Waals surface area contributed by atoms with E-state index in [1.165, 1.54) is 4.68 Å². The van der Waals surface area contributed by atoms with Crippen LogP contribution in [0.15, 0.2) is 60.8 Å². The van der Waals surface area contributed by atoms with Gasteiger partial charge in [0, 0.05) is 23.0 Å². The molecule has 5 nitrogen and oxygen atoms in total. The van der Waals surface area contributed by atoms with Gasteiger partial charge in [0.2, 0.25) is 0 Å². The van der Waals surface area contributed by atoms with Crippen LogP contribution in [-0.4, -0.2) is 21.6 Å². The van der Waals surface area contributed by atoms with Gasteiger partial charge in [-0.25, -0.2) is 4.68 Å². The summed E-state index contributed by atoms with van der Waals surface area (Å²) in [4.78, 5) is 24.5. The predicted octanol–water partition coefficient (Wildman–Crippen LogP) is 3.44. The maximum Gasteiger partial charge on any atom is 0.278 e. The van der Waals surface area contributed by atoms with Gasteiger partial charge in [-0.2, -0.15) is 5.10 Å². The molecule has 0 unspecified atom stereocenters. The number of nitrogens with zero attached hydrogens (tertiary/aromatic N) is 2. The maximum atomic E-state index is 12.3. The first kappa shape index (κ1) is 15.7. The van der Waals surface area contributed by atoms with Gasteiger partial charge in [-0.05, 0) is 56.3 Å². The van der Waals surface area contributed by atoms with Gasteiger partial charge in [-0.1, -0.05) is 17.7 Å². The monoisotopic (exact) mass is 319 g/mol. The summed E-state index contributed by atoms with van der Waals surface area (Å²) in [5, 5.41) is 6.93. The number of rotatable bonds is 3. The molecule has 120 valence electrons. The molecule has 3 aromatic rings. The molecule has 0 radical (unpaired) electrons. The lowest BCUT2D eigenvalue weighted by molar-refractivity contribution is 0.0944. The van der Waals surface area contributed by atoms with Crippen LogP contribution in [0.3, 0.4) is 0 Å². The highest BCUT2D eigenvalue weighted by Gasteiger charge is 2.10. The van der Waals surface area contributed by atoms with Crippen molar-refractivity contribution in [2.45, 2.75) is 13.8 Å². The molecule has 24 heavy (non-hydrogen) atoms. The molecule has 0 spiro atoms. The Bertz CT molecular complexity index is 895. The maximum absolute atomic E-state index is 12.3. The molecule has 3 rings (SSSR count). The summed E-state index contributed by atoms with van der Waals surface area (Å²) in [7, 11) is 0. The summed E-state index contributed by atoms with van der Waals surface area (Å²) in [5.41, 5.74) is 3.55. The van der Waals surface area contributed by atoms with Crippen molar-refractivity contribution < 1.29 is 9.59 Å². The zero-order valence-corrected chi connectivity index (χ0v) is 13.5. The number of carbonyl (C=O) groups excluding carboxylic acids is 2. The SMILES string of the molecule is Cc1cccc(C(=O)Nc2ccc(C(=O)n3ccc(C)n3)cc2)c1. The Balaban J connectivity index is 1.73. The molecule has 5 heteroatoms. The Labute approximate surface area is 139 Å². The fraction of sp³-hybridized carbons (Fsp3) is 0.105. The summed E-state index contributed by atoms with van der Waals surface area (Å²) >= 11 is 0. The normalized spacial score (nSPS) is 10.4. The van der Waals surface area contributed by atoms with E-state index in [4.69, 9.17) is 0 Å². The predicted molar refractivity (Wildman–Crippen MR) is 92.3 cm³/mol. The molecule has 0 fully saturated rings. The second-order valence-electron chi connectivity index (χ2n) is 5.61. The Morgan fingerprint density at radius 1 is 0.958 bits per heavy atom. The topological polar surface area (TPSA) is 64.0 Å². The summed E-state index contributed by atoms with van der Waals surface area (Å²) in [6, 6.07) is 15.9. The lowest BCUT2D eigenvalue weighted by Crippen LogP contribution is -2.14.